The van der Waals surface area contributed by atoms with Crippen LogP contribution in [0.4, 0.5) is 0 Å². The van der Waals surface area contributed by atoms with Crippen molar-refractivity contribution in [2.45, 2.75) is 0 Å². The Balaban J connectivity index is 1.91. The van der Waals surface area contributed by atoms with E-state index >= 15 is 0 Å². The van der Waals surface area contributed by atoms with Crippen molar-refractivity contribution >= 4 is 75.4 Å². The molecule has 0 saturated heterocycles. The van der Waals surface area contributed by atoms with E-state index in [0.29, 0.717) is 0 Å². The average molecular weight is 375 g/mol. The highest BCUT2D eigenvalue weighted by Gasteiger charge is 2.19. The molecule has 0 radical (unpaired) electrons. The van der Waals surface area contributed by atoms with Gasteiger partial charge in [0.2, 0.25) is 0 Å². The first-order chi connectivity index (χ1) is 13.9. The highest BCUT2D eigenvalue weighted by molar-refractivity contribution is 7.26. The molecule has 3 heterocycles. The summed E-state index contributed by atoms with van der Waals surface area (Å²) in [7, 11) is 0. The highest BCUT2D eigenvalue weighted by atomic mass is 32.1. The molecule has 0 amide bonds. The van der Waals surface area contributed by atoms with E-state index in [-0.39, 0.29) is 0 Å². The van der Waals surface area contributed by atoms with Gasteiger partial charge in [-0.25, -0.2) is 9.97 Å². The van der Waals surface area contributed by atoms with Gasteiger partial charge < -0.3 is 4.98 Å². The van der Waals surface area contributed by atoms with Crippen LogP contribution < -0.4 is 0 Å². The van der Waals surface area contributed by atoms with E-state index in [0.717, 1.165) is 33.1 Å². The molecular formula is C24H13N3S. The number of nitrogens with one attached hydrogen (secondary N) is 1. The summed E-state index contributed by atoms with van der Waals surface area (Å²) in [6.45, 7) is 0. The molecule has 4 heteroatoms. The highest BCUT2D eigenvalue weighted by Crippen LogP contribution is 2.44. The summed E-state index contributed by atoms with van der Waals surface area (Å²) < 4.78 is 2.49. The zero-order valence-corrected chi connectivity index (χ0v) is 15.5. The topological polar surface area (TPSA) is 41.6 Å². The van der Waals surface area contributed by atoms with Gasteiger partial charge in [-0.2, -0.15) is 0 Å². The molecule has 130 valence electrons. The molecule has 0 fully saturated rings. The van der Waals surface area contributed by atoms with Gasteiger partial charge in [0.1, 0.15) is 0 Å². The number of aromatic nitrogens is 3. The van der Waals surface area contributed by atoms with Crippen LogP contribution >= 0.6 is 11.3 Å². The summed E-state index contributed by atoms with van der Waals surface area (Å²) >= 11 is 1.81. The third-order valence-electron chi connectivity index (χ3n) is 5.57. The minimum atomic E-state index is 0.981. The number of aromatic amines is 1. The normalized spacial score (nSPS) is 12.3. The lowest BCUT2D eigenvalue weighted by Crippen LogP contribution is -1.89. The third kappa shape index (κ3) is 1.73. The molecule has 0 aliphatic carbocycles. The number of hydrogen-bond donors (Lipinski definition) is 1. The third-order valence-corrected chi connectivity index (χ3v) is 6.75. The Morgan fingerprint density at radius 1 is 0.643 bits per heavy atom. The van der Waals surface area contributed by atoms with Gasteiger partial charge in [-0.3, -0.25) is 0 Å². The predicted octanol–water partition coefficient (Wildman–Crippen LogP) is 6.79. The number of hydrogen-bond acceptors (Lipinski definition) is 3. The van der Waals surface area contributed by atoms with Gasteiger partial charge in [0.05, 0.1) is 37.8 Å². The van der Waals surface area contributed by atoms with E-state index < -0.39 is 0 Å². The Bertz CT molecular complexity index is 1590. The van der Waals surface area contributed by atoms with Crippen LogP contribution in [0.25, 0.3) is 64.0 Å². The summed E-state index contributed by atoms with van der Waals surface area (Å²) in [5.74, 6) is 0. The van der Waals surface area contributed by atoms with Crippen molar-refractivity contribution in [2.24, 2.45) is 0 Å². The fourth-order valence-corrected chi connectivity index (χ4v) is 5.56. The van der Waals surface area contributed by atoms with Gasteiger partial charge in [-0.05, 0) is 24.3 Å². The maximum Gasteiger partial charge on any atom is 0.0973 e. The van der Waals surface area contributed by atoms with Crippen molar-refractivity contribution in [1.82, 2.24) is 15.0 Å². The molecule has 3 nitrogen and oxygen atoms in total. The second kappa shape index (κ2) is 5.06. The van der Waals surface area contributed by atoms with E-state index in [9.17, 15) is 0 Å². The zero-order chi connectivity index (χ0) is 18.2. The summed E-state index contributed by atoms with van der Waals surface area (Å²) in [6, 6.07) is 25.2. The maximum absolute atomic E-state index is 5.11. The quantitative estimate of drug-likeness (QED) is 0.297. The van der Waals surface area contributed by atoms with Crippen molar-refractivity contribution in [3.63, 3.8) is 0 Å². The molecule has 7 aromatic rings. The summed E-state index contributed by atoms with van der Waals surface area (Å²) in [4.78, 5) is 13.8. The summed E-state index contributed by atoms with van der Waals surface area (Å²) in [5.41, 5.74) is 6.22. The van der Waals surface area contributed by atoms with E-state index in [1.54, 1.807) is 0 Å². The number of fused-ring (bicyclic) bond motifs is 11. The molecule has 3 aromatic heterocycles. The monoisotopic (exact) mass is 375 g/mol. The minimum Gasteiger partial charge on any atom is -0.351 e. The van der Waals surface area contributed by atoms with Crippen LogP contribution in [0.15, 0.2) is 72.8 Å². The molecular weight excluding hydrogens is 362 g/mol. The summed E-state index contributed by atoms with van der Waals surface area (Å²) in [6.07, 6.45) is 0. The standard InChI is InChI=1S/C24H13N3S/c1-3-9-15-13(7-1)19-21-22(27-17-11-5-4-10-16(17)26-21)20-14-8-2-6-12-18(14)28-24(20)23(19)25-15/h1-12,26H. The van der Waals surface area contributed by atoms with E-state index in [2.05, 4.69) is 65.6 Å². The van der Waals surface area contributed by atoms with Crippen molar-refractivity contribution < 1.29 is 0 Å². The van der Waals surface area contributed by atoms with Crippen LogP contribution in [0.1, 0.15) is 0 Å². The SMILES string of the molecule is c1ccc2[nH]c3c(nc2c1)c1c2ccccc2sc1c1nc2ccccc2c13. The predicted molar refractivity (Wildman–Crippen MR) is 119 cm³/mol. The number of para-hydroxylation sites is 3. The zero-order valence-electron chi connectivity index (χ0n) is 14.7. The van der Waals surface area contributed by atoms with Gasteiger partial charge in [-0.15, -0.1) is 11.3 Å². The number of H-pyrrole nitrogens is 1. The van der Waals surface area contributed by atoms with Gasteiger partial charge >= 0.3 is 0 Å². The molecule has 0 aliphatic rings. The molecule has 7 rings (SSSR count). The molecule has 4 aromatic carbocycles. The lowest BCUT2D eigenvalue weighted by atomic mass is 10.1. The van der Waals surface area contributed by atoms with Gasteiger partial charge in [0.15, 0.2) is 0 Å². The Kier molecular flexibility index (Phi) is 2.63. The molecule has 0 aliphatic heterocycles. The molecule has 0 spiro atoms. The Labute approximate surface area is 163 Å². The first-order valence-corrected chi connectivity index (χ1v) is 10.1. The Hall–Kier alpha value is -3.50. The van der Waals surface area contributed by atoms with Crippen LogP contribution in [0.5, 0.6) is 0 Å². The smallest absolute Gasteiger partial charge is 0.0973 e. The van der Waals surface area contributed by atoms with Crippen LogP contribution in [0.2, 0.25) is 0 Å². The summed E-state index contributed by atoms with van der Waals surface area (Å²) in [5, 5.41) is 4.80. The first kappa shape index (κ1) is 14.5. The fraction of sp³-hybridized carbons (Fsp3) is 0. The van der Waals surface area contributed by atoms with Crippen LogP contribution in [-0.2, 0) is 0 Å². The van der Waals surface area contributed by atoms with Crippen molar-refractivity contribution in [3.05, 3.63) is 72.8 Å². The lowest BCUT2D eigenvalue weighted by molar-refractivity contribution is 1.42. The molecule has 0 atom stereocenters. The molecule has 0 unspecified atom stereocenters. The molecule has 28 heavy (non-hydrogen) atoms. The Morgan fingerprint density at radius 2 is 1.36 bits per heavy atom. The van der Waals surface area contributed by atoms with E-state index in [1.165, 1.54) is 30.9 Å². The molecule has 0 bridgehead atoms. The van der Waals surface area contributed by atoms with Gasteiger partial charge in [0, 0.05) is 26.2 Å². The van der Waals surface area contributed by atoms with Gasteiger partial charge in [0.25, 0.3) is 0 Å². The van der Waals surface area contributed by atoms with Crippen molar-refractivity contribution in [1.29, 1.82) is 0 Å². The number of nitrogens with zero attached hydrogens (tertiary/aromatic N) is 2. The maximum atomic E-state index is 5.11. The number of rotatable bonds is 0. The fourth-order valence-electron chi connectivity index (χ4n) is 4.36. The first-order valence-electron chi connectivity index (χ1n) is 9.28. The Morgan fingerprint density at radius 3 is 2.29 bits per heavy atom. The van der Waals surface area contributed by atoms with E-state index in [1.807, 2.05) is 23.5 Å². The second-order valence-electron chi connectivity index (χ2n) is 7.13. The number of benzene rings is 4. The average Bonchev–Trinajstić information content (AvgIpc) is 3.32. The van der Waals surface area contributed by atoms with Crippen LogP contribution in [0, 0.1) is 0 Å². The molecule has 1 N–H and O–H groups in total. The van der Waals surface area contributed by atoms with Crippen molar-refractivity contribution in [2.75, 3.05) is 0 Å². The second-order valence-corrected chi connectivity index (χ2v) is 8.18. The minimum absolute atomic E-state index is 0.981. The van der Waals surface area contributed by atoms with E-state index in [4.69, 9.17) is 9.97 Å². The lowest BCUT2D eigenvalue weighted by Gasteiger charge is -2.07. The van der Waals surface area contributed by atoms with Crippen molar-refractivity contribution in [3.8, 4) is 0 Å². The largest absolute Gasteiger partial charge is 0.351 e. The number of thiophene rings is 1. The van der Waals surface area contributed by atoms with Crippen LogP contribution in [0.3, 0.4) is 0 Å². The van der Waals surface area contributed by atoms with Crippen LogP contribution in [-0.4, -0.2) is 15.0 Å². The molecule has 0 saturated carbocycles. The van der Waals surface area contributed by atoms with Gasteiger partial charge in [-0.1, -0.05) is 48.5 Å².